The van der Waals surface area contributed by atoms with E-state index in [-0.39, 0.29) is 11.8 Å². The Morgan fingerprint density at radius 3 is 2.17 bits per heavy atom. The maximum Gasteiger partial charge on any atom is 0.228 e. The zero-order valence-electron chi connectivity index (χ0n) is 17.6. The standard InChI is InChI=1S/C24H30N4O2/c1-2-26-14-16-27(17-15-26)21-11-7-20(8-12-21)25-23(29)18-19-5-9-22(10-6-19)28-13-3-4-24(28)30/h5-12H,2-4,13-18H2,1H3,(H,25,29). The Morgan fingerprint density at radius 1 is 0.900 bits per heavy atom. The van der Waals surface area contributed by atoms with Gasteiger partial charge < -0.3 is 20.0 Å². The van der Waals surface area contributed by atoms with Crippen molar-refractivity contribution in [3.8, 4) is 0 Å². The largest absolute Gasteiger partial charge is 0.369 e. The third kappa shape index (κ3) is 4.82. The number of nitrogens with zero attached hydrogens (tertiary/aromatic N) is 3. The van der Waals surface area contributed by atoms with Gasteiger partial charge in [0, 0.05) is 56.2 Å². The summed E-state index contributed by atoms with van der Waals surface area (Å²) in [5, 5.41) is 2.98. The van der Waals surface area contributed by atoms with Crippen LogP contribution in [0.25, 0.3) is 0 Å². The minimum absolute atomic E-state index is 0.0377. The molecule has 0 radical (unpaired) electrons. The van der Waals surface area contributed by atoms with Crippen molar-refractivity contribution in [2.75, 3.05) is 54.4 Å². The van der Waals surface area contributed by atoms with Crippen molar-refractivity contribution < 1.29 is 9.59 Å². The molecule has 2 aliphatic rings. The van der Waals surface area contributed by atoms with Crippen LogP contribution >= 0.6 is 0 Å². The van der Waals surface area contributed by atoms with Crippen molar-refractivity contribution in [1.29, 1.82) is 0 Å². The van der Waals surface area contributed by atoms with Crippen molar-refractivity contribution >= 4 is 28.9 Å². The van der Waals surface area contributed by atoms with Gasteiger partial charge in [-0.1, -0.05) is 19.1 Å². The molecule has 2 aromatic carbocycles. The number of piperazine rings is 1. The van der Waals surface area contributed by atoms with E-state index in [1.165, 1.54) is 5.69 Å². The first-order valence-electron chi connectivity index (χ1n) is 10.9. The topological polar surface area (TPSA) is 55.9 Å². The third-order valence-corrected chi connectivity index (χ3v) is 6.02. The highest BCUT2D eigenvalue weighted by atomic mass is 16.2. The summed E-state index contributed by atoms with van der Waals surface area (Å²) in [4.78, 5) is 31.0. The molecule has 0 unspecified atom stereocenters. The molecule has 2 aliphatic heterocycles. The number of anilines is 3. The van der Waals surface area contributed by atoms with Gasteiger partial charge in [0.1, 0.15) is 0 Å². The van der Waals surface area contributed by atoms with Crippen molar-refractivity contribution in [1.82, 2.24) is 4.90 Å². The molecule has 0 aliphatic carbocycles. The first-order valence-corrected chi connectivity index (χ1v) is 10.9. The van der Waals surface area contributed by atoms with E-state index >= 15 is 0 Å². The van der Waals surface area contributed by atoms with E-state index in [4.69, 9.17) is 0 Å². The Bertz CT molecular complexity index is 871. The normalized spacial score (nSPS) is 17.4. The number of likely N-dealkylation sites (N-methyl/N-ethyl adjacent to an activating group) is 1. The highest BCUT2D eigenvalue weighted by molar-refractivity contribution is 5.95. The summed E-state index contributed by atoms with van der Waals surface area (Å²) in [7, 11) is 0. The Hall–Kier alpha value is -2.86. The summed E-state index contributed by atoms with van der Waals surface area (Å²) in [5.41, 5.74) is 3.87. The van der Waals surface area contributed by atoms with E-state index in [2.05, 4.69) is 34.2 Å². The summed E-state index contributed by atoms with van der Waals surface area (Å²) in [5.74, 6) is 0.139. The Labute approximate surface area is 178 Å². The van der Waals surface area contributed by atoms with E-state index < -0.39 is 0 Å². The molecule has 30 heavy (non-hydrogen) atoms. The maximum absolute atomic E-state index is 12.4. The van der Waals surface area contributed by atoms with Crippen LogP contribution in [-0.2, 0) is 16.0 Å². The van der Waals surface area contributed by atoms with Crippen LogP contribution in [0.1, 0.15) is 25.3 Å². The van der Waals surface area contributed by atoms with E-state index in [1.807, 2.05) is 41.3 Å². The van der Waals surface area contributed by atoms with Gasteiger partial charge in [0.25, 0.3) is 0 Å². The van der Waals surface area contributed by atoms with Crippen LogP contribution in [0.15, 0.2) is 48.5 Å². The monoisotopic (exact) mass is 406 g/mol. The summed E-state index contributed by atoms with van der Waals surface area (Å²) >= 11 is 0. The van der Waals surface area contributed by atoms with Gasteiger partial charge in [-0.2, -0.15) is 0 Å². The van der Waals surface area contributed by atoms with Gasteiger partial charge in [-0.05, 0) is 54.9 Å². The molecule has 0 atom stereocenters. The van der Waals surface area contributed by atoms with Crippen LogP contribution in [0, 0.1) is 0 Å². The van der Waals surface area contributed by atoms with Crippen LogP contribution in [0.3, 0.4) is 0 Å². The Morgan fingerprint density at radius 2 is 1.57 bits per heavy atom. The Kier molecular flexibility index (Phi) is 6.33. The summed E-state index contributed by atoms with van der Waals surface area (Å²) in [6.07, 6.45) is 1.85. The lowest BCUT2D eigenvalue weighted by Gasteiger charge is -2.35. The van der Waals surface area contributed by atoms with Gasteiger partial charge in [0.15, 0.2) is 0 Å². The second-order valence-electron chi connectivity index (χ2n) is 8.01. The van der Waals surface area contributed by atoms with E-state index in [9.17, 15) is 9.59 Å². The molecule has 0 aromatic heterocycles. The molecule has 0 bridgehead atoms. The fourth-order valence-corrected chi connectivity index (χ4v) is 4.18. The molecular formula is C24H30N4O2. The number of benzene rings is 2. The third-order valence-electron chi connectivity index (χ3n) is 6.02. The average molecular weight is 407 g/mol. The van der Waals surface area contributed by atoms with Crippen molar-refractivity contribution in [2.45, 2.75) is 26.2 Å². The molecule has 0 spiro atoms. The van der Waals surface area contributed by atoms with Crippen LogP contribution in [-0.4, -0.2) is 56.0 Å². The number of rotatable bonds is 6. The molecule has 4 rings (SSSR count). The SMILES string of the molecule is CCN1CCN(c2ccc(NC(=O)Cc3ccc(N4CCCC4=O)cc3)cc2)CC1. The van der Waals surface area contributed by atoms with Crippen LogP contribution < -0.4 is 15.1 Å². The van der Waals surface area contributed by atoms with Crippen molar-refractivity contribution in [3.63, 3.8) is 0 Å². The van der Waals surface area contributed by atoms with Crippen molar-refractivity contribution in [2.24, 2.45) is 0 Å². The predicted molar refractivity (Wildman–Crippen MR) is 121 cm³/mol. The summed E-state index contributed by atoms with van der Waals surface area (Å²) < 4.78 is 0. The Balaban J connectivity index is 1.29. The summed E-state index contributed by atoms with van der Waals surface area (Å²) in [6, 6.07) is 15.8. The van der Waals surface area contributed by atoms with Gasteiger partial charge >= 0.3 is 0 Å². The van der Waals surface area contributed by atoms with Crippen LogP contribution in [0.4, 0.5) is 17.1 Å². The van der Waals surface area contributed by atoms with Gasteiger partial charge in [-0.25, -0.2) is 0 Å². The van der Waals surface area contributed by atoms with Crippen molar-refractivity contribution in [3.05, 3.63) is 54.1 Å². The molecule has 2 fully saturated rings. The lowest BCUT2D eigenvalue weighted by Crippen LogP contribution is -2.46. The van der Waals surface area contributed by atoms with Gasteiger partial charge in [0.05, 0.1) is 6.42 Å². The first kappa shape index (κ1) is 20.4. The molecule has 2 heterocycles. The molecule has 0 saturated carbocycles. The minimum Gasteiger partial charge on any atom is -0.369 e. The number of amides is 2. The van der Waals surface area contributed by atoms with Gasteiger partial charge in [-0.15, -0.1) is 0 Å². The zero-order chi connectivity index (χ0) is 20.9. The number of carbonyl (C=O) groups is 2. The van der Waals surface area contributed by atoms with Crippen LogP contribution in [0.5, 0.6) is 0 Å². The molecule has 2 amide bonds. The number of nitrogens with one attached hydrogen (secondary N) is 1. The second-order valence-corrected chi connectivity index (χ2v) is 8.01. The second kappa shape index (κ2) is 9.30. The number of carbonyl (C=O) groups excluding carboxylic acids is 2. The lowest BCUT2D eigenvalue weighted by atomic mass is 10.1. The van der Waals surface area contributed by atoms with E-state index in [0.717, 1.165) is 62.6 Å². The molecular weight excluding hydrogens is 376 g/mol. The van der Waals surface area contributed by atoms with Gasteiger partial charge in [-0.3, -0.25) is 9.59 Å². The molecule has 2 saturated heterocycles. The fourth-order valence-electron chi connectivity index (χ4n) is 4.18. The average Bonchev–Trinajstić information content (AvgIpc) is 3.21. The smallest absolute Gasteiger partial charge is 0.228 e. The number of hydrogen-bond donors (Lipinski definition) is 1. The molecule has 6 heteroatoms. The van der Waals surface area contributed by atoms with E-state index in [0.29, 0.717) is 12.8 Å². The lowest BCUT2D eigenvalue weighted by molar-refractivity contribution is -0.117. The maximum atomic E-state index is 12.4. The first-order chi connectivity index (χ1) is 14.6. The summed E-state index contributed by atoms with van der Waals surface area (Å²) in [6.45, 7) is 8.37. The van der Waals surface area contributed by atoms with E-state index in [1.54, 1.807) is 0 Å². The highest BCUT2D eigenvalue weighted by Gasteiger charge is 2.21. The molecule has 2 aromatic rings. The minimum atomic E-state index is -0.0377. The quantitative estimate of drug-likeness (QED) is 0.801. The molecule has 1 N–H and O–H groups in total. The number of hydrogen-bond acceptors (Lipinski definition) is 4. The highest BCUT2D eigenvalue weighted by Crippen LogP contribution is 2.22. The zero-order valence-corrected chi connectivity index (χ0v) is 17.6. The van der Waals surface area contributed by atoms with Crippen LogP contribution in [0.2, 0.25) is 0 Å². The van der Waals surface area contributed by atoms with Gasteiger partial charge in [0.2, 0.25) is 11.8 Å². The molecule has 158 valence electrons. The fraction of sp³-hybridized carbons (Fsp3) is 0.417. The molecule has 6 nitrogen and oxygen atoms in total. The predicted octanol–water partition coefficient (Wildman–Crippen LogP) is 3.14.